The Balaban J connectivity index is 0.000000212. The summed E-state index contributed by atoms with van der Waals surface area (Å²) in [5.41, 5.74) is 1.34. The van der Waals surface area contributed by atoms with Gasteiger partial charge < -0.3 is 9.83 Å². The average molecular weight is 690 g/mol. The first-order chi connectivity index (χ1) is 23.2. The third-order valence-electron chi connectivity index (χ3n) is 5.19. The van der Waals surface area contributed by atoms with Gasteiger partial charge in [0.15, 0.2) is 0 Å². The van der Waals surface area contributed by atoms with Crippen LogP contribution in [-0.4, -0.2) is 15.7 Å². The molecule has 1 aliphatic carbocycles. The fraction of sp³-hybridized carbons (Fsp3) is 0.182. The second kappa shape index (κ2) is 13.8. The summed E-state index contributed by atoms with van der Waals surface area (Å²) in [5.74, 6) is 0.483. The maximum atomic E-state index is 10.1. The van der Waals surface area contributed by atoms with Crippen LogP contribution >= 0.6 is 0 Å². The summed E-state index contributed by atoms with van der Waals surface area (Å²) in [4.78, 5) is 7.58. The van der Waals surface area contributed by atoms with E-state index < -0.39 is 43.9 Å². The smallest absolute Gasteiger partial charge is 0.855 e. The second-order valence-electron chi connectivity index (χ2n) is 8.05. The van der Waals surface area contributed by atoms with Gasteiger partial charge in [0.2, 0.25) is 5.71 Å². The van der Waals surface area contributed by atoms with Gasteiger partial charge in [-0.2, -0.15) is 23.8 Å². The molecule has 0 aliphatic heterocycles. The van der Waals surface area contributed by atoms with E-state index in [0.29, 0.717) is 22.8 Å². The molecule has 3 aromatic heterocycles. The third kappa shape index (κ3) is 8.17. The van der Waals surface area contributed by atoms with Gasteiger partial charge in [0.25, 0.3) is 0 Å². The van der Waals surface area contributed by atoms with E-state index in [0.717, 1.165) is 41.6 Å². The number of aryl methyl sites for hydroxylation is 2. The van der Waals surface area contributed by atoms with Crippen LogP contribution in [0.4, 0.5) is 0 Å². The normalized spacial score (nSPS) is 18.7. The number of benzene rings is 2. The monoisotopic (exact) mass is 690 g/mol. The molecule has 0 bridgehead atoms. The van der Waals surface area contributed by atoms with Crippen molar-refractivity contribution in [2.45, 2.75) is 39.3 Å². The van der Waals surface area contributed by atoms with Gasteiger partial charge in [0, 0.05) is 42.8 Å². The first-order valence-electron chi connectivity index (χ1n) is 17.8. The summed E-state index contributed by atoms with van der Waals surface area (Å²) in [6.45, 7) is -3.79. The Morgan fingerprint density at radius 1 is 1.21 bits per heavy atom. The molecule has 5 heteroatoms. The van der Waals surface area contributed by atoms with Crippen molar-refractivity contribution in [1.82, 2.24) is 9.97 Å². The Morgan fingerprint density at radius 2 is 2.11 bits per heavy atom. The van der Waals surface area contributed by atoms with Crippen molar-refractivity contribution in [3.63, 3.8) is 0 Å². The maximum absolute atomic E-state index is 10.1. The Morgan fingerprint density at radius 3 is 2.87 bits per heavy atom. The largest absolute Gasteiger partial charge is 3.00 e. The minimum Gasteiger partial charge on any atom is -0.855 e. The van der Waals surface area contributed by atoms with Crippen LogP contribution in [-0.2, 0) is 20.1 Å². The molecule has 2 aromatic carbocycles. The van der Waals surface area contributed by atoms with Crippen LogP contribution in [0.1, 0.15) is 65.8 Å². The SMILES string of the molecule is [2H]/C(C(=C)C([2H])([2H])[2H])=C(\[2H])C(=[N-])c1[c-]ccc(C2CC2)c1.[2H]C([2H])([2H])c1ccc2c(n1)oc1c[c-]ccc12.[2H]c1cncc(C([2H])([2H])[2H])c1[2H].[Ir+3]. The number of hydrogen-bond acceptors (Lipinski definition) is 3. The molecule has 1 saturated carbocycles. The molecule has 0 spiro atoms. The molecule has 1 fully saturated rings. The van der Waals surface area contributed by atoms with Crippen molar-refractivity contribution in [3.8, 4) is 0 Å². The van der Waals surface area contributed by atoms with Crippen LogP contribution < -0.4 is 0 Å². The van der Waals surface area contributed by atoms with E-state index in [1.807, 2.05) is 12.1 Å². The topological polar surface area (TPSA) is 61.2 Å². The van der Waals surface area contributed by atoms with E-state index in [1.54, 1.807) is 30.3 Å². The zero-order valence-corrected chi connectivity index (χ0v) is 22.5. The molecule has 0 N–H and O–H groups in total. The van der Waals surface area contributed by atoms with Crippen molar-refractivity contribution in [1.29, 1.82) is 0 Å². The zero-order chi connectivity index (χ0) is 37.2. The van der Waals surface area contributed by atoms with Gasteiger partial charge >= 0.3 is 20.1 Å². The van der Waals surface area contributed by atoms with Gasteiger partial charge in [-0.3, -0.25) is 4.98 Å². The standard InChI is InChI=1S/C15H15N.C12H8NO.C6H7N.Ir/c1-11(2)6-9-15(16)14-5-3-4-13(10-14)12-7-8-12;1-8-6-7-10-9-4-2-3-5-11(9)14-12(10)13-8;1-6-3-2-4-7-5-6;/h3-4,6,9-10,12H,1,7-8H2,2H3;2,4-7H,1H3;2-5H,1H3;/q-2;-1;;+3/b9-6-;;;/i2D3,6D,9D;1D3;1D3,2D,3D;. The van der Waals surface area contributed by atoms with Gasteiger partial charge in [-0.15, -0.1) is 41.9 Å². The Labute approximate surface area is 256 Å². The van der Waals surface area contributed by atoms with E-state index in [4.69, 9.17) is 22.2 Å². The summed E-state index contributed by atoms with van der Waals surface area (Å²) >= 11 is 0. The number of hydrogen-bond donors (Lipinski definition) is 0. The van der Waals surface area contributed by atoms with Gasteiger partial charge in [-0.05, 0) is 63.1 Å². The number of nitrogens with zero attached hydrogens (tertiary/aromatic N) is 3. The summed E-state index contributed by atoms with van der Waals surface area (Å²) in [6.07, 6.45) is 4.46. The number of furan rings is 1. The van der Waals surface area contributed by atoms with E-state index in [1.165, 1.54) is 6.07 Å². The second-order valence-corrected chi connectivity index (χ2v) is 8.05. The molecule has 1 aliphatic rings. The number of rotatable bonds is 4. The molecule has 0 atom stereocenters. The number of fused-ring (bicyclic) bond motifs is 3. The molecular weight excluding hydrogens is 647 g/mol. The molecule has 3 heterocycles. The minimum absolute atomic E-state index is 0. The van der Waals surface area contributed by atoms with Crippen LogP contribution in [0.5, 0.6) is 0 Å². The summed E-state index contributed by atoms with van der Waals surface area (Å²) in [7, 11) is 0. The van der Waals surface area contributed by atoms with Crippen LogP contribution in [0.3, 0.4) is 0 Å². The van der Waals surface area contributed by atoms with Gasteiger partial charge in [-0.25, -0.2) is 10.7 Å². The average Bonchev–Trinajstić information content (AvgIpc) is 3.84. The Bertz CT molecular complexity index is 2080. The summed E-state index contributed by atoms with van der Waals surface area (Å²) in [6, 6.07) is 18.1. The fourth-order valence-corrected chi connectivity index (χ4v) is 3.33. The van der Waals surface area contributed by atoms with Crippen LogP contribution in [0, 0.1) is 25.8 Å². The molecule has 0 radical (unpaired) electrons. The molecule has 0 amide bonds. The molecule has 38 heavy (non-hydrogen) atoms. The molecule has 0 unspecified atom stereocenters. The molecule has 6 rings (SSSR count). The minimum atomic E-state index is -2.55. The molecule has 192 valence electrons. The number of allylic oxidation sites excluding steroid dienone is 3. The van der Waals surface area contributed by atoms with Crippen molar-refractivity contribution in [3.05, 3.63) is 137 Å². The van der Waals surface area contributed by atoms with E-state index >= 15 is 0 Å². The van der Waals surface area contributed by atoms with Crippen molar-refractivity contribution in [2.75, 3.05) is 0 Å². The summed E-state index contributed by atoms with van der Waals surface area (Å²) in [5, 5.41) is 11.8. The number of aromatic nitrogens is 2. The van der Waals surface area contributed by atoms with E-state index in [2.05, 4.69) is 28.7 Å². The van der Waals surface area contributed by atoms with Crippen LogP contribution in [0.15, 0.2) is 102 Å². The number of pyridine rings is 2. The maximum Gasteiger partial charge on any atom is 3.00 e. The quantitative estimate of drug-likeness (QED) is 0.108. The third-order valence-corrected chi connectivity index (χ3v) is 5.19. The van der Waals surface area contributed by atoms with E-state index in [-0.39, 0.29) is 43.4 Å². The van der Waals surface area contributed by atoms with Gasteiger partial charge in [0.05, 0.1) is 4.11 Å². The predicted molar refractivity (Wildman–Crippen MR) is 153 cm³/mol. The molecule has 4 nitrogen and oxygen atoms in total. The van der Waals surface area contributed by atoms with Gasteiger partial charge in [-0.1, -0.05) is 29.6 Å². The van der Waals surface area contributed by atoms with Gasteiger partial charge in [0.1, 0.15) is 0 Å². The Kier molecular flexibility index (Phi) is 5.68. The van der Waals surface area contributed by atoms with Crippen molar-refractivity contribution in [2.24, 2.45) is 0 Å². The van der Waals surface area contributed by atoms with Crippen molar-refractivity contribution < 1.29 is 42.3 Å². The molecular formula is C33H30IrN3O. The molecule has 0 saturated heterocycles. The Hall–Kier alpha value is -3.66. The van der Waals surface area contributed by atoms with Crippen LogP contribution in [0.2, 0.25) is 0 Å². The fourth-order valence-electron chi connectivity index (χ4n) is 3.33. The van der Waals surface area contributed by atoms with E-state index in [9.17, 15) is 5.41 Å². The van der Waals surface area contributed by atoms with Crippen molar-refractivity contribution >= 4 is 27.8 Å². The first kappa shape index (κ1) is 15.7. The first-order valence-corrected chi connectivity index (χ1v) is 11.3. The zero-order valence-electron chi connectivity index (χ0n) is 33.1. The molecule has 5 aromatic rings. The predicted octanol–water partition coefficient (Wildman–Crippen LogP) is 8.33. The van der Waals surface area contributed by atoms with Crippen LogP contribution in [0.25, 0.3) is 27.5 Å². The summed E-state index contributed by atoms with van der Waals surface area (Å²) < 4.78 is 99.9.